The van der Waals surface area contributed by atoms with Gasteiger partial charge in [-0.3, -0.25) is 0 Å². The number of halogens is 3. The van der Waals surface area contributed by atoms with Crippen molar-refractivity contribution in [2.45, 2.75) is 12.8 Å². The highest BCUT2D eigenvalue weighted by Crippen LogP contribution is 2.28. The number of benzene rings is 2. The van der Waals surface area contributed by atoms with Gasteiger partial charge in [0.2, 0.25) is 23.2 Å². The normalized spacial score (nSPS) is 13.2. The lowest BCUT2D eigenvalue weighted by Gasteiger charge is -2.15. The van der Waals surface area contributed by atoms with Gasteiger partial charge in [-0.1, -0.05) is 43.5 Å². The molecular formula is C28H20Br2ClN5O2. The molecule has 7 rings (SSSR count). The summed E-state index contributed by atoms with van der Waals surface area (Å²) in [5, 5.41) is 0.399. The standard InChI is InChI=1S/C16H14BrN3O.C12H6BrClN2O/c17-12-5-3-11(4-6-12)15-18-13-7-8-14(19-16(13)21-15)20-9-1-2-10-20;13-8-3-1-7(2-4-8)11-15-9-5-6-10(14)16-12(9)17-11/h3-8H,1-2,9-10H2;1-6H. The van der Waals surface area contributed by atoms with E-state index in [0.29, 0.717) is 33.9 Å². The minimum Gasteiger partial charge on any atom is -0.418 e. The van der Waals surface area contributed by atoms with Gasteiger partial charge in [0.15, 0.2) is 0 Å². The van der Waals surface area contributed by atoms with Crippen LogP contribution in [0, 0.1) is 0 Å². The molecule has 38 heavy (non-hydrogen) atoms. The molecule has 0 atom stereocenters. The molecule has 0 unspecified atom stereocenters. The maximum absolute atomic E-state index is 5.83. The third-order valence-corrected chi connectivity index (χ3v) is 7.34. The maximum atomic E-state index is 5.83. The lowest BCUT2D eigenvalue weighted by molar-refractivity contribution is 0.607. The molecule has 6 aromatic rings. The second-order valence-corrected chi connectivity index (χ2v) is 10.9. The van der Waals surface area contributed by atoms with Gasteiger partial charge in [-0.15, -0.1) is 0 Å². The van der Waals surface area contributed by atoms with Crippen LogP contribution in [0.2, 0.25) is 5.15 Å². The average Bonchev–Trinajstić information content (AvgIpc) is 3.69. The van der Waals surface area contributed by atoms with Crippen LogP contribution >= 0.6 is 43.5 Å². The quantitative estimate of drug-likeness (QED) is 0.177. The highest BCUT2D eigenvalue weighted by molar-refractivity contribution is 9.10. The molecule has 1 aliphatic heterocycles. The molecule has 0 spiro atoms. The van der Waals surface area contributed by atoms with E-state index in [1.54, 1.807) is 12.1 Å². The summed E-state index contributed by atoms with van der Waals surface area (Å²) in [5.41, 5.74) is 4.43. The maximum Gasteiger partial charge on any atom is 0.249 e. The lowest BCUT2D eigenvalue weighted by atomic mass is 10.2. The van der Waals surface area contributed by atoms with Crippen LogP contribution in [0.3, 0.4) is 0 Å². The topological polar surface area (TPSA) is 81.1 Å². The molecule has 4 aromatic heterocycles. The Hall–Kier alpha value is -3.27. The number of nitrogens with zero attached hydrogens (tertiary/aromatic N) is 5. The molecule has 0 aliphatic carbocycles. The molecule has 0 bridgehead atoms. The van der Waals surface area contributed by atoms with E-state index >= 15 is 0 Å². The van der Waals surface area contributed by atoms with Crippen LogP contribution in [-0.2, 0) is 0 Å². The van der Waals surface area contributed by atoms with E-state index in [0.717, 1.165) is 44.5 Å². The average molecular weight is 654 g/mol. The monoisotopic (exact) mass is 651 g/mol. The zero-order chi connectivity index (χ0) is 26.1. The summed E-state index contributed by atoms with van der Waals surface area (Å²) >= 11 is 12.6. The summed E-state index contributed by atoms with van der Waals surface area (Å²) in [4.78, 5) is 19.8. The molecule has 0 amide bonds. The minimum absolute atomic E-state index is 0.399. The number of hydrogen-bond donors (Lipinski definition) is 0. The van der Waals surface area contributed by atoms with Gasteiger partial charge in [-0.25, -0.2) is 9.97 Å². The minimum atomic E-state index is 0.399. The molecular weight excluding hydrogens is 634 g/mol. The number of hydrogen-bond acceptors (Lipinski definition) is 7. The predicted octanol–water partition coefficient (Wildman–Crippen LogP) is 8.56. The highest BCUT2D eigenvalue weighted by atomic mass is 79.9. The van der Waals surface area contributed by atoms with Crippen LogP contribution in [0.1, 0.15) is 12.8 Å². The summed E-state index contributed by atoms with van der Waals surface area (Å²) in [6.45, 7) is 2.15. The molecule has 1 fully saturated rings. The zero-order valence-corrected chi connectivity index (χ0v) is 23.9. The second kappa shape index (κ2) is 10.8. The summed E-state index contributed by atoms with van der Waals surface area (Å²) in [6.07, 6.45) is 2.47. The van der Waals surface area contributed by atoms with Crippen LogP contribution in [0.15, 0.2) is 90.6 Å². The number of pyridine rings is 2. The molecule has 0 radical (unpaired) electrons. The Morgan fingerprint density at radius 3 is 1.66 bits per heavy atom. The van der Waals surface area contributed by atoms with Crippen molar-refractivity contribution in [3.05, 3.63) is 86.9 Å². The van der Waals surface area contributed by atoms with Gasteiger partial charge in [0.05, 0.1) is 0 Å². The van der Waals surface area contributed by atoms with Crippen LogP contribution in [-0.4, -0.2) is 33.0 Å². The van der Waals surface area contributed by atoms with E-state index in [1.807, 2.05) is 60.7 Å². The fourth-order valence-electron chi connectivity index (χ4n) is 4.16. The fraction of sp³-hybridized carbons (Fsp3) is 0.143. The van der Waals surface area contributed by atoms with Crippen LogP contribution in [0.5, 0.6) is 0 Å². The fourth-order valence-corrected chi connectivity index (χ4v) is 4.82. The van der Waals surface area contributed by atoms with Crippen molar-refractivity contribution < 1.29 is 8.83 Å². The van der Waals surface area contributed by atoms with E-state index in [-0.39, 0.29) is 0 Å². The van der Waals surface area contributed by atoms with Crippen LogP contribution in [0.25, 0.3) is 45.4 Å². The van der Waals surface area contributed by atoms with Gasteiger partial charge in [-0.2, -0.15) is 9.97 Å². The van der Waals surface area contributed by atoms with E-state index in [4.69, 9.17) is 20.4 Å². The van der Waals surface area contributed by atoms with Crippen LogP contribution in [0.4, 0.5) is 5.82 Å². The van der Waals surface area contributed by atoms with Gasteiger partial charge in [0, 0.05) is 33.2 Å². The summed E-state index contributed by atoms with van der Waals surface area (Å²) in [5.74, 6) is 2.14. The molecule has 0 saturated carbocycles. The molecule has 10 heteroatoms. The number of oxazole rings is 2. The predicted molar refractivity (Wildman–Crippen MR) is 156 cm³/mol. The Morgan fingerprint density at radius 2 is 1.11 bits per heavy atom. The van der Waals surface area contributed by atoms with Crippen molar-refractivity contribution in [3.63, 3.8) is 0 Å². The molecule has 1 aliphatic rings. The van der Waals surface area contributed by atoms with Gasteiger partial charge in [0.25, 0.3) is 0 Å². The summed E-state index contributed by atoms with van der Waals surface area (Å²) in [6, 6.07) is 23.1. The van der Waals surface area contributed by atoms with E-state index in [2.05, 4.69) is 56.7 Å². The number of rotatable bonds is 3. The first kappa shape index (κ1) is 25.0. The van der Waals surface area contributed by atoms with Crippen molar-refractivity contribution in [3.8, 4) is 22.9 Å². The smallest absolute Gasteiger partial charge is 0.249 e. The second-order valence-electron chi connectivity index (χ2n) is 8.70. The van der Waals surface area contributed by atoms with Crippen molar-refractivity contribution in [2.75, 3.05) is 18.0 Å². The third-order valence-electron chi connectivity index (χ3n) is 6.07. The first-order valence-electron chi connectivity index (χ1n) is 12.0. The molecule has 2 aromatic carbocycles. The number of anilines is 1. The zero-order valence-electron chi connectivity index (χ0n) is 19.9. The Bertz CT molecular complexity index is 1710. The SMILES string of the molecule is Brc1ccc(-c2nc3ccc(N4CCCC4)nc3o2)cc1.Clc1ccc2nc(-c3ccc(Br)cc3)oc2n1. The van der Waals surface area contributed by atoms with Gasteiger partial charge < -0.3 is 13.7 Å². The molecule has 190 valence electrons. The summed E-state index contributed by atoms with van der Waals surface area (Å²) < 4.78 is 13.4. The molecule has 1 saturated heterocycles. The Labute approximate surface area is 240 Å². The van der Waals surface area contributed by atoms with Crippen LogP contribution < -0.4 is 4.90 Å². The Kier molecular flexibility index (Phi) is 7.14. The molecule has 7 nitrogen and oxygen atoms in total. The lowest BCUT2D eigenvalue weighted by Crippen LogP contribution is -2.18. The van der Waals surface area contributed by atoms with Crippen molar-refractivity contribution in [2.24, 2.45) is 0 Å². The molecule has 0 N–H and O–H groups in total. The van der Waals surface area contributed by atoms with Crippen molar-refractivity contribution in [1.29, 1.82) is 0 Å². The Balaban J connectivity index is 0.000000142. The van der Waals surface area contributed by atoms with E-state index < -0.39 is 0 Å². The number of fused-ring (bicyclic) bond motifs is 2. The van der Waals surface area contributed by atoms with Gasteiger partial charge in [0.1, 0.15) is 22.0 Å². The largest absolute Gasteiger partial charge is 0.418 e. The van der Waals surface area contributed by atoms with Crippen molar-refractivity contribution in [1.82, 2.24) is 19.9 Å². The van der Waals surface area contributed by atoms with E-state index in [9.17, 15) is 0 Å². The van der Waals surface area contributed by atoms with E-state index in [1.165, 1.54) is 12.8 Å². The molecule has 5 heterocycles. The Morgan fingerprint density at radius 1 is 0.605 bits per heavy atom. The summed E-state index contributed by atoms with van der Waals surface area (Å²) in [7, 11) is 0. The van der Waals surface area contributed by atoms with Gasteiger partial charge in [-0.05, 0) is 85.6 Å². The first-order valence-corrected chi connectivity index (χ1v) is 14.0. The van der Waals surface area contributed by atoms with Gasteiger partial charge >= 0.3 is 0 Å². The third kappa shape index (κ3) is 5.45. The van der Waals surface area contributed by atoms with Crippen molar-refractivity contribution >= 4 is 71.7 Å². The highest BCUT2D eigenvalue weighted by Gasteiger charge is 2.16. The number of aromatic nitrogens is 4. The first-order chi connectivity index (χ1) is 18.5.